The monoisotopic (exact) mass is 475 g/mol. The molecule has 0 radical (unpaired) electrons. The minimum atomic E-state index is -0.399. The van der Waals surface area contributed by atoms with Gasteiger partial charge in [-0.15, -0.1) is 5.10 Å². The third-order valence-electron chi connectivity index (χ3n) is 4.32. The SMILES string of the molecule is Cc1ccc(NC(=O)c2nnn(CC(=O)Nc3ccc(C)c(Cl)c3)c2C)c(Br)c1. The fraction of sp³-hybridized carbons (Fsp3) is 0.200. The second kappa shape index (κ2) is 8.75. The molecular formula is C20H19BrClN5O2. The predicted molar refractivity (Wildman–Crippen MR) is 116 cm³/mol. The lowest BCUT2D eigenvalue weighted by Crippen LogP contribution is -2.21. The van der Waals surface area contributed by atoms with Crippen LogP contribution < -0.4 is 10.6 Å². The number of carbonyl (C=O) groups excluding carboxylic acids is 2. The summed E-state index contributed by atoms with van der Waals surface area (Å²) in [6.07, 6.45) is 0. The Hall–Kier alpha value is -2.71. The molecule has 0 unspecified atom stereocenters. The quantitative estimate of drug-likeness (QED) is 0.567. The number of benzene rings is 2. The van der Waals surface area contributed by atoms with Crippen molar-refractivity contribution in [2.45, 2.75) is 27.3 Å². The summed E-state index contributed by atoms with van der Waals surface area (Å²) in [5, 5.41) is 14.0. The van der Waals surface area contributed by atoms with E-state index in [0.29, 0.717) is 22.1 Å². The largest absolute Gasteiger partial charge is 0.324 e. The van der Waals surface area contributed by atoms with E-state index in [1.54, 1.807) is 25.1 Å². The molecule has 9 heteroatoms. The Morgan fingerprint density at radius 1 is 1.10 bits per heavy atom. The van der Waals surface area contributed by atoms with E-state index in [2.05, 4.69) is 36.9 Å². The number of aromatic nitrogens is 3. The first kappa shape index (κ1) is 21.0. The van der Waals surface area contributed by atoms with Crippen molar-refractivity contribution in [2.24, 2.45) is 0 Å². The van der Waals surface area contributed by atoms with Gasteiger partial charge in [-0.1, -0.05) is 28.9 Å². The van der Waals surface area contributed by atoms with Gasteiger partial charge < -0.3 is 10.6 Å². The lowest BCUT2D eigenvalue weighted by atomic mass is 10.2. The van der Waals surface area contributed by atoms with Gasteiger partial charge in [0, 0.05) is 15.2 Å². The van der Waals surface area contributed by atoms with E-state index in [4.69, 9.17) is 11.6 Å². The zero-order valence-corrected chi connectivity index (χ0v) is 18.4. The molecule has 0 aliphatic rings. The smallest absolute Gasteiger partial charge is 0.278 e. The van der Waals surface area contributed by atoms with E-state index in [1.807, 2.05) is 32.0 Å². The standard InChI is InChI=1S/C20H19BrClN5O2/c1-11-4-7-17(15(21)8-11)24-20(29)19-13(3)27(26-25-19)10-18(28)23-14-6-5-12(2)16(22)9-14/h4-9H,10H2,1-3H3,(H,23,28)(H,24,29). The summed E-state index contributed by atoms with van der Waals surface area (Å²) >= 11 is 9.51. The van der Waals surface area contributed by atoms with Crippen LogP contribution in [0.15, 0.2) is 40.9 Å². The molecule has 0 saturated heterocycles. The molecule has 3 aromatic rings. The van der Waals surface area contributed by atoms with Gasteiger partial charge >= 0.3 is 0 Å². The molecule has 3 rings (SSSR count). The van der Waals surface area contributed by atoms with Crippen LogP contribution in [0, 0.1) is 20.8 Å². The minimum Gasteiger partial charge on any atom is -0.324 e. The normalized spacial score (nSPS) is 10.7. The highest BCUT2D eigenvalue weighted by atomic mass is 79.9. The van der Waals surface area contributed by atoms with Crippen LogP contribution in [0.3, 0.4) is 0 Å². The Kier molecular flexibility index (Phi) is 6.34. The van der Waals surface area contributed by atoms with Crippen molar-refractivity contribution in [1.82, 2.24) is 15.0 Å². The number of rotatable bonds is 5. The average Bonchev–Trinajstić information content (AvgIpc) is 3.01. The molecule has 2 amide bonds. The molecule has 0 spiro atoms. The van der Waals surface area contributed by atoms with Crippen LogP contribution in [0.2, 0.25) is 5.02 Å². The molecule has 0 bridgehead atoms. The maximum atomic E-state index is 12.6. The lowest BCUT2D eigenvalue weighted by Gasteiger charge is -2.08. The fourth-order valence-electron chi connectivity index (χ4n) is 2.63. The van der Waals surface area contributed by atoms with Gasteiger partial charge in [0.25, 0.3) is 5.91 Å². The Labute approximate surface area is 181 Å². The zero-order valence-electron chi connectivity index (χ0n) is 16.1. The van der Waals surface area contributed by atoms with E-state index in [1.165, 1.54) is 4.68 Å². The number of hydrogen-bond donors (Lipinski definition) is 2. The van der Waals surface area contributed by atoms with Gasteiger partial charge in [0.2, 0.25) is 5.91 Å². The van der Waals surface area contributed by atoms with Crippen molar-refractivity contribution < 1.29 is 9.59 Å². The summed E-state index contributed by atoms with van der Waals surface area (Å²) in [7, 11) is 0. The van der Waals surface area contributed by atoms with Crippen molar-refractivity contribution >= 4 is 50.7 Å². The first-order valence-electron chi connectivity index (χ1n) is 8.78. The molecule has 29 heavy (non-hydrogen) atoms. The Bertz CT molecular complexity index is 1100. The zero-order chi connectivity index (χ0) is 21.1. The van der Waals surface area contributed by atoms with Crippen LogP contribution in [0.1, 0.15) is 27.3 Å². The Morgan fingerprint density at radius 3 is 2.55 bits per heavy atom. The first-order valence-corrected chi connectivity index (χ1v) is 9.95. The third-order valence-corrected chi connectivity index (χ3v) is 5.38. The van der Waals surface area contributed by atoms with Crippen molar-refractivity contribution in [3.63, 3.8) is 0 Å². The predicted octanol–water partition coefficient (Wildman–Crippen LogP) is 4.51. The molecule has 150 valence electrons. The molecule has 0 fully saturated rings. The van der Waals surface area contributed by atoms with Crippen LogP contribution in [0.5, 0.6) is 0 Å². The highest BCUT2D eigenvalue weighted by molar-refractivity contribution is 9.10. The van der Waals surface area contributed by atoms with Gasteiger partial charge in [-0.3, -0.25) is 9.59 Å². The number of halogens is 2. The minimum absolute atomic E-state index is 0.0775. The highest BCUT2D eigenvalue weighted by Gasteiger charge is 2.19. The summed E-state index contributed by atoms with van der Waals surface area (Å²) < 4.78 is 2.15. The molecule has 0 aliphatic carbocycles. The summed E-state index contributed by atoms with van der Waals surface area (Å²) in [5.41, 5.74) is 3.85. The number of aryl methyl sites for hydroxylation is 2. The molecule has 0 atom stereocenters. The van der Waals surface area contributed by atoms with Gasteiger partial charge in [0.1, 0.15) is 6.54 Å². The number of nitrogens with zero attached hydrogens (tertiary/aromatic N) is 3. The van der Waals surface area contributed by atoms with Crippen LogP contribution in [-0.2, 0) is 11.3 Å². The van der Waals surface area contributed by atoms with Crippen LogP contribution in [0.25, 0.3) is 0 Å². The molecule has 0 saturated carbocycles. The summed E-state index contributed by atoms with van der Waals surface area (Å²) in [4.78, 5) is 24.9. The molecule has 1 heterocycles. The van der Waals surface area contributed by atoms with Crippen molar-refractivity contribution in [3.8, 4) is 0 Å². The number of amides is 2. The van der Waals surface area contributed by atoms with Gasteiger partial charge in [-0.25, -0.2) is 4.68 Å². The van der Waals surface area contributed by atoms with Gasteiger partial charge in [-0.2, -0.15) is 0 Å². The van der Waals surface area contributed by atoms with Gasteiger partial charge in [0.15, 0.2) is 5.69 Å². The van der Waals surface area contributed by atoms with E-state index in [0.717, 1.165) is 15.6 Å². The van der Waals surface area contributed by atoms with Crippen molar-refractivity contribution in [3.05, 3.63) is 68.4 Å². The molecular weight excluding hydrogens is 458 g/mol. The summed E-state index contributed by atoms with van der Waals surface area (Å²) in [6.45, 7) is 5.46. The number of hydrogen-bond acceptors (Lipinski definition) is 4. The third kappa shape index (κ3) is 5.02. The number of anilines is 2. The van der Waals surface area contributed by atoms with E-state index in [-0.39, 0.29) is 18.1 Å². The van der Waals surface area contributed by atoms with Crippen molar-refractivity contribution in [2.75, 3.05) is 10.6 Å². The maximum absolute atomic E-state index is 12.6. The Morgan fingerprint density at radius 2 is 1.86 bits per heavy atom. The fourth-order valence-corrected chi connectivity index (χ4v) is 3.40. The average molecular weight is 477 g/mol. The summed E-state index contributed by atoms with van der Waals surface area (Å²) in [6, 6.07) is 10.9. The highest BCUT2D eigenvalue weighted by Crippen LogP contribution is 2.24. The second-order valence-electron chi connectivity index (χ2n) is 6.63. The Balaban J connectivity index is 1.68. The molecule has 2 aromatic carbocycles. The maximum Gasteiger partial charge on any atom is 0.278 e. The van der Waals surface area contributed by atoms with Crippen LogP contribution in [-0.4, -0.2) is 26.8 Å². The topological polar surface area (TPSA) is 88.9 Å². The van der Waals surface area contributed by atoms with E-state index >= 15 is 0 Å². The van der Waals surface area contributed by atoms with Gasteiger partial charge in [0.05, 0.1) is 11.4 Å². The molecule has 0 aliphatic heterocycles. The van der Waals surface area contributed by atoms with Crippen LogP contribution in [0.4, 0.5) is 11.4 Å². The summed E-state index contributed by atoms with van der Waals surface area (Å²) in [5.74, 6) is -0.699. The number of carbonyl (C=O) groups is 2. The first-order chi connectivity index (χ1) is 13.7. The van der Waals surface area contributed by atoms with Gasteiger partial charge in [-0.05, 0) is 72.1 Å². The van der Waals surface area contributed by atoms with E-state index in [9.17, 15) is 9.59 Å². The van der Waals surface area contributed by atoms with E-state index < -0.39 is 5.91 Å². The van der Waals surface area contributed by atoms with Crippen molar-refractivity contribution in [1.29, 1.82) is 0 Å². The molecule has 7 nitrogen and oxygen atoms in total. The number of nitrogens with one attached hydrogen (secondary N) is 2. The van der Waals surface area contributed by atoms with Crippen LogP contribution >= 0.6 is 27.5 Å². The second-order valence-corrected chi connectivity index (χ2v) is 7.89. The molecule has 2 N–H and O–H groups in total. The molecule has 1 aromatic heterocycles. The lowest BCUT2D eigenvalue weighted by molar-refractivity contribution is -0.117.